The van der Waals surface area contributed by atoms with Crippen LogP contribution in [0.15, 0.2) is 43.0 Å². The Bertz CT molecular complexity index is 652. The van der Waals surface area contributed by atoms with Crippen molar-refractivity contribution >= 4 is 5.91 Å². The van der Waals surface area contributed by atoms with E-state index in [1.54, 1.807) is 13.3 Å². The number of imidazole rings is 1. The number of rotatable bonds is 7. The zero-order chi connectivity index (χ0) is 17.5. The van der Waals surface area contributed by atoms with Crippen molar-refractivity contribution in [3.05, 3.63) is 48.5 Å². The van der Waals surface area contributed by atoms with Gasteiger partial charge in [-0.3, -0.25) is 4.79 Å². The number of aryl methyl sites for hydroxylation is 2. The molecule has 5 heteroatoms. The highest BCUT2D eigenvalue weighted by molar-refractivity contribution is 5.77. The number of likely N-dealkylation sites (tertiary alicyclic amines) is 1. The summed E-state index contributed by atoms with van der Waals surface area (Å²) in [4.78, 5) is 19.0. The van der Waals surface area contributed by atoms with Crippen LogP contribution in [0.4, 0.5) is 0 Å². The average Bonchev–Trinajstić information content (AvgIpc) is 3.18. The summed E-state index contributed by atoms with van der Waals surface area (Å²) < 4.78 is 7.27. The van der Waals surface area contributed by atoms with Crippen LogP contribution in [0.5, 0.6) is 5.75 Å². The number of nitrogens with zero attached hydrogens (tertiary/aromatic N) is 3. The van der Waals surface area contributed by atoms with Gasteiger partial charge in [0.05, 0.1) is 13.4 Å². The van der Waals surface area contributed by atoms with E-state index in [2.05, 4.69) is 14.5 Å². The van der Waals surface area contributed by atoms with Crippen LogP contribution < -0.4 is 4.74 Å². The lowest BCUT2D eigenvalue weighted by molar-refractivity contribution is -0.135. The number of carbonyl (C=O) groups is 1. The molecule has 0 bridgehead atoms. The number of methoxy groups -OCH3 is 1. The molecule has 1 fully saturated rings. The van der Waals surface area contributed by atoms with Gasteiger partial charge in [0.15, 0.2) is 0 Å². The lowest BCUT2D eigenvalue weighted by Gasteiger charge is -2.36. The maximum absolute atomic E-state index is 12.7. The molecular weight excluding hydrogens is 314 g/mol. The number of benzene rings is 1. The van der Waals surface area contributed by atoms with Crippen molar-refractivity contribution in [3.63, 3.8) is 0 Å². The van der Waals surface area contributed by atoms with Crippen LogP contribution >= 0.6 is 0 Å². The van der Waals surface area contributed by atoms with Crippen molar-refractivity contribution < 1.29 is 9.53 Å². The lowest BCUT2D eigenvalue weighted by atomic mass is 9.98. The standard InChI is InChI=1S/C20H27N3O2/c1-25-19-8-5-17(6-9-19)7-10-20(24)23-13-3-2-4-18(23)11-14-22-15-12-21-16-22/h5-6,8-9,12,15-16,18H,2-4,7,10-11,13-14H2,1H3. The van der Waals surface area contributed by atoms with Crippen LogP contribution in [-0.4, -0.2) is 40.1 Å². The minimum absolute atomic E-state index is 0.283. The van der Waals surface area contributed by atoms with E-state index >= 15 is 0 Å². The fraction of sp³-hybridized carbons (Fsp3) is 0.500. The zero-order valence-electron chi connectivity index (χ0n) is 14.9. The Labute approximate surface area is 149 Å². The Morgan fingerprint density at radius 2 is 2.12 bits per heavy atom. The third kappa shape index (κ3) is 4.84. The van der Waals surface area contributed by atoms with Crippen molar-refractivity contribution in [1.29, 1.82) is 0 Å². The quantitative estimate of drug-likeness (QED) is 0.776. The molecule has 0 spiro atoms. The number of ether oxygens (including phenoxy) is 1. The van der Waals surface area contributed by atoms with Crippen LogP contribution in [0.2, 0.25) is 0 Å². The third-order valence-corrected chi connectivity index (χ3v) is 5.01. The first-order valence-electron chi connectivity index (χ1n) is 9.14. The first-order valence-corrected chi connectivity index (χ1v) is 9.14. The normalized spacial score (nSPS) is 17.5. The first-order chi connectivity index (χ1) is 12.3. The van der Waals surface area contributed by atoms with Crippen molar-refractivity contribution in [2.45, 2.75) is 51.1 Å². The van der Waals surface area contributed by atoms with Crippen molar-refractivity contribution in [1.82, 2.24) is 14.5 Å². The molecule has 1 aromatic heterocycles. The summed E-state index contributed by atoms with van der Waals surface area (Å²) in [6.45, 7) is 1.82. The largest absolute Gasteiger partial charge is 0.497 e. The van der Waals surface area contributed by atoms with Gasteiger partial charge in [-0.25, -0.2) is 4.98 Å². The van der Waals surface area contributed by atoms with Crippen LogP contribution in [0.25, 0.3) is 0 Å². The third-order valence-electron chi connectivity index (χ3n) is 5.01. The molecule has 1 amide bonds. The van der Waals surface area contributed by atoms with Gasteiger partial charge in [0.2, 0.25) is 5.91 Å². The highest BCUT2D eigenvalue weighted by Crippen LogP contribution is 2.22. The second-order valence-electron chi connectivity index (χ2n) is 6.67. The van der Waals surface area contributed by atoms with E-state index in [4.69, 9.17) is 4.74 Å². The van der Waals surface area contributed by atoms with Crippen molar-refractivity contribution in [3.8, 4) is 5.75 Å². The van der Waals surface area contributed by atoms with Gasteiger partial charge < -0.3 is 14.2 Å². The fourth-order valence-corrected chi connectivity index (χ4v) is 3.53. The smallest absolute Gasteiger partial charge is 0.223 e. The second kappa shape index (κ2) is 8.70. The predicted molar refractivity (Wildman–Crippen MR) is 97.5 cm³/mol. The monoisotopic (exact) mass is 341 g/mol. The maximum Gasteiger partial charge on any atom is 0.223 e. The number of carbonyl (C=O) groups excluding carboxylic acids is 1. The Hall–Kier alpha value is -2.30. The van der Waals surface area contributed by atoms with Crippen molar-refractivity contribution in [2.75, 3.05) is 13.7 Å². The molecule has 1 aliphatic heterocycles. The highest BCUT2D eigenvalue weighted by atomic mass is 16.5. The number of piperidine rings is 1. The van der Waals surface area contributed by atoms with Crippen molar-refractivity contribution in [2.24, 2.45) is 0 Å². The van der Waals surface area contributed by atoms with E-state index in [1.807, 2.05) is 36.8 Å². The molecule has 0 N–H and O–H groups in total. The summed E-state index contributed by atoms with van der Waals surface area (Å²) in [5.74, 6) is 1.14. The van der Waals surface area contributed by atoms with Gasteiger partial charge in [0.25, 0.3) is 0 Å². The molecule has 0 radical (unpaired) electrons. The molecule has 2 heterocycles. The van der Waals surface area contributed by atoms with Crippen LogP contribution in [-0.2, 0) is 17.8 Å². The van der Waals surface area contributed by atoms with Gasteiger partial charge in [-0.2, -0.15) is 0 Å². The molecule has 1 saturated heterocycles. The molecular formula is C20H27N3O2. The molecule has 2 aromatic rings. The van der Waals surface area contributed by atoms with Gasteiger partial charge in [-0.15, -0.1) is 0 Å². The number of hydrogen-bond acceptors (Lipinski definition) is 3. The summed E-state index contributed by atoms with van der Waals surface area (Å²) in [5, 5.41) is 0. The van der Waals surface area contributed by atoms with Gasteiger partial charge in [0.1, 0.15) is 5.75 Å². The van der Waals surface area contributed by atoms with E-state index in [0.29, 0.717) is 12.5 Å². The fourth-order valence-electron chi connectivity index (χ4n) is 3.53. The summed E-state index contributed by atoms with van der Waals surface area (Å²) in [7, 11) is 1.67. The van der Waals surface area contributed by atoms with Gasteiger partial charge >= 0.3 is 0 Å². The SMILES string of the molecule is COc1ccc(CCC(=O)N2CCCCC2CCn2ccnc2)cc1. The average molecular weight is 341 g/mol. The topological polar surface area (TPSA) is 47.4 Å². The molecule has 1 atom stereocenters. The van der Waals surface area contributed by atoms with E-state index < -0.39 is 0 Å². The molecule has 134 valence electrons. The molecule has 0 aliphatic carbocycles. The Kier molecular flexibility index (Phi) is 6.09. The molecule has 3 rings (SSSR count). The van der Waals surface area contributed by atoms with E-state index in [9.17, 15) is 4.79 Å². The minimum atomic E-state index is 0.283. The number of hydrogen-bond donors (Lipinski definition) is 0. The zero-order valence-corrected chi connectivity index (χ0v) is 14.9. The highest BCUT2D eigenvalue weighted by Gasteiger charge is 2.26. The molecule has 1 unspecified atom stereocenters. The molecule has 25 heavy (non-hydrogen) atoms. The Morgan fingerprint density at radius 3 is 2.84 bits per heavy atom. The van der Waals surface area contributed by atoms with E-state index in [0.717, 1.165) is 44.5 Å². The minimum Gasteiger partial charge on any atom is -0.497 e. The van der Waals surface area contributed by atoms with Crippen LogP contribution in [0, 0.1) is 0 Å². The van der Waals surface area contributed by atoms with Gasteiger partial charge in [-0.05, 0) is 49.8 Å². The summed E-state index contributed by atoms with van der Waals surface area (Å²) in [6, 6.07) is 8.35. The van der Waals surface area contributed by atoms with Crippen LogP contribution in [0.1, 0.15) is 37.7 Å². The molecule has 5 nitrogen and oxygen atoms in total. The number of aromatic nitrogens is 2. The molecule has 1 aromatic carbocycles. The summed E-state index contributed by atoms with van der Waals surface area (Å²) in [5.41, 5.74) is 1.18. The van der Waals surface area contributed by atoms with Gasteiger partial charge in [-0.1, -0.05) is 12.1 Å². The maximum atomic E-state index is 12.7. The predicted octanol–water partition coefficient (Wildman–Crippen LogP) is 3.30. The Morgan fingerprint density at radius 1 is 1.28 bits per heavy atom. The van der Waals surface area contributed by atoms with Gasteiger partial charge in [0, 0.05) is 37.9 Å². The lowest BCUT2D eigenvalue weighted by Crippen LogP contribution is -2.44. The summed E-state index contributed by atoms with van der Waals surface area (Å²) in [6.07, 6.45) is 11.5. The summed E-state index contributed by atoms with van der Waals surface area (Å²) >= 11 is 0. The molecule has 1 aliphatic rings. The van der Waals surface area contributed by atoms with E-state index in [-0.39, 0.29) is 5.91 Å². The first kappa shape index (κ1) is 17.5. The second-order valence-corrected chi connectivity index (χ2v) is 6.67. The Balaban J connectivity index is 1.52. The molecule has 0 saturated carbocycles. The van der Waals surface area contributed by atoms with E-state index in [1.165, 1.54) is 12.0 Å². The van der Waals surface area contributed by atoms with Crippen LogP contribution in [0.3, 0.4) is 0 Å². The number of amides is 1.